The van der Waals surface area contributed by atoms with E-state index in [1.165, 1.54) is 0 Å². The average Bonchev–Trinajstić information content (AvgIpc) is 3.22. The summed E-state index contributed by atoms with van der Waals surface area (Å²) in [7, 11) is 0. The minimum absolute atomic E-state index is 0.397. The molecule has 1 aliphatic heterocycles. The summed E-state index contributed by atoms with van der Waals surface area (Å²) in [6.07, 6.45) is 7.91. The first-order chi connectivity index (χ1) is 11.3. The zero-order valence-corrected chi connectivity index (χ0v) is 12.8. The molecule has 0 aromatic carbocycles. The third kappa shape index (κ3) is 2.60. The number of H-pyrrole nitrogens is 1. The minimum atomic E-state index is 0.397. The van der Waals surface area contributed by atoms with E-state index in [-0.39, 0.29) is 0 Å². The van der Waals surface area contributed by atoms with Crippen molar-refractivity contribution in [1.82, 2.24) is 24.5 Å². The monoisotopic (exact) mass is 306 g/mol. The Morgan fingerprint density at radius 3 is 3.17 bits per heavy atom. The molecule has 23 heavy (non-hydrogen) atoms. The van der Waals surface area contributed by atoms with Crippen molar-refractivity contribution < 1.29 is 0 Å². The first-order valence-electron chi connectivity index (χ1n) is 7.91. The smallest absolute Gasteiger partial charge is 0.137 e. The lowest BCUT2D eigenvalue weighted by Gasteiger charge is -2.31. The van der Waals surface area contributed by atoms with Crippen molar-refractivity contribution in [3.05, 3.63) is 53.9 Å². The molecule has 1 saturated heterocycles. The van der Waals surface area contributed by atoms with Crippen molar-refractivity contribution in [2.24, 2.45) is 0 Å². The fraction of sp³-hybridized carbons (Fsp3) is 0.353. The predicted octanol–water partition coefficient (Wildman–Crippen LogP) is 2.31. The van der Waals surface area contributed by atoms with E-state index in [9.17, 15) is 5.26 Å². The van der Waals surface area contributed by atoms with Crippen LogP contribution in [-0.2, 0) is 6.54 Å². The normalized spacial score (nSPS) is 19.0. The van der Waals surface area contributed by atoms with Gasteiger partial charge in [0.05, 0.1) is 11.1 Å². The van der Waals surface area contributed by atoms with Gasteiger partial charge in [-0.1, -0.05) is 6.07 Å². The Balaban J connectivity index is 1.57. The maximum absolute atomic E-state index is 9.53. The Morgan fingerprint density at radius 1 is 1.39 bits per heavy atom. The van der Waals surface area contributed by atoms with Gasteiger partial charge in [0.15, 0.2) is 0 Å². The van der Waals surface area contributed by atoms with Crippen molar-refractivity contribution in [3.63, 3.8) is 0 Å². The van der Waals surface area contributed by atoms with Crippen LogP contribution in [0.25, 0.3) is 5.52 Å². The van der Waals surface area contributed by atoms with Gasteiger partial charge in [0, 0.05) is 37.0 Å². The number of nitrogens with one attached hydrogen (secondary N) is 1. The summed E-state index contributed by atoms with van der Waals surface area (Å²) in [5, 5.41) is 16.5. The molecule has 0 saturated carbocycles. The second-order valence-corrected chi connectivity index (χ2v) is 6.08. The predicted molar refractivity (Wildman–Crippen MR) is 85.7 cm³/mol. The van der Waals surface area contributed by atoms with Crippen LogP contribution in [-0.4, -0.2) is 37.6 Å². The summed E-state index contributed by atoms with van der Waals surface area (Å²) in [6, 6.07) is 8.32. The molecule has 0 spiro atoms. The minimum Gasteiger partial charge on any atom is -0.322 e. The molecule has 0 radical (unpaired) electrons. The summed E-state index contributed by atoms with van der Waals surface area (Å²) in [5.74, 6) is 1.37. The number of nitriles is 1. The number of fused-ring (bicyclic) bond motifs is 1. The molecule has 3 aromatic rings. The summed E-state index contributed by atoms with van der Waals surface area (Å²) < 4.78 is 2.03. The highest BCUT2D eigenvalue weighted by atomic mass is 15.2. The van der Waals surface area contributed by atoms with Crippen LogP contribution in [0.4, 0.5) is 0 Å². The highest BCUT2D eigenvalue weighted by molar-refractivity contribution is 5.65. The van der Waals surface area contributed by atoms with Gasteiger partial charge in [-0.3, -0.25) is 10.00 Å². The van der Waals surface area contributed by atoms with Crippen molar-refractivity contribution in [2.75, 3.05) is 13.1 Å². The molecule has 1 fully saturated rings. The number of nitrogens with zero attached hydrogens (tertiary/aromatic N) is 5. The van der Waals surface area contributed by atoms with E-state index < -0.39 is 0 Å². The van der Waals surface area contributed by atoms with Gasteiger partial charge < -0.3 is 4.40 Å². The van der Waals surface area contributed by atoms with E-state index in [1.54, 1.807) is 6.33 Å². The number of rotatable bonds is 3. The van der Waals surface area contributed by atoms with E-state index in [0.717, 1.165) is 54.9 Å². The third-order valence-corrected chi connectivity index (χ3v) is 4.59. The molecule has 0 aliphatic carbocycles. The van der Waals surface area contributed by atoms with Gasteiger partial charge in [0.1, 0.15) is 18.2 Å². The zero-order valence-electron chi connectivity index (χ0n) is 12.8. The molecule has 6 nitrogen and oxygen atoms in total. The lowest BCUT2D eigenvalue weighted by molar-refractivity contribution is 0.196. The Hall–Kier alpha value is -2.65. The summed E-state index contributed by atoms with van der Waals surface area (Å²) in [5.41, 5.74) is 2.86. The van der Waals surface area contributed by atoms with Gasteiger partial charge in [-0.25, -0.2) is 4.98 Å². The number of hydrogen-bond donors (Lipinski definition) is 1. The topological polar surface area (TPSA) is 73.0 Å². The SMILES string of the molecule is N#Cc1c(CN2CCCC(c3ncn[nH]3)C2)cn2ccccc12. The number of aromatic amines is 1. The van der Waals surface area contributed by atoms with Gasteiger partial charge in [0.2, 0.25) is 0 Å². The first-order valence-corrected chi connectivity index (χ1v) is 7.91. The number of piperidine rings is 1. The lowest BCUT2D eigenvalue weighted by atomic mass is 9.97. The van der Waals surface area contributed by atoms with E-state index >= 15 is 0 Å². The van der Waals surface area contributed by atoms with Crippen LogP contribution in [0.3, 0.4) is 0 Å². The van der Waals surface area contributed by atoms with Crippen molar-refractivity contribution in [2.45, 2.75) is 25.3 Å². The Morgan fingerprint density at radius 2 is 2.35 bits per heavy atom. The quantitative estimate of drug-likeness (QED) is 0.806. The summed E-state index contributed by atoms with van der Waals surface area (Å²) in [6.45, 7) is 2.81. The number of hydrogen-bond acceptors (Lipinski definition) is 4. The highest BCUT2D eigenvalue weighted by Gasteiger charge is 2.24. The second kappa shape index (κ2) is 5.86. The fourth-order valence-electron chi connectivity index (χ4n) is 3.50. The molecule has 4 heterocycles. The van der Waals surface area contributed by atoms with Crippen LogP contribution in [0.2, 0.25) is 0 Å². The van der Waals surface area contributed by atoms with Gasteiger partial charge in [-0.05, 0) is 31.5 Å². The summed E-state index contributed by atoms with van der Waals surface area (Å²) >= 11 is 0. The molecule has 6 heteroatoms. The average molecular weight is 306 g/mol. The maximum Gasteiger partial charge on any atom is 0.137 e. The molecule has 1 atom stereocenters. The van der Waals surface area contributed by atoms with Crippen LogP contribution in [0.1, 0.15) is 35.7 Å². The first kappa shape index (κ1) is 14.0. The lowest BCUT2D eigenvalue weighted by Crippen LogP contribution is -2.34. The van der Waals surface area contributed by atoms with Crippen LogP contribution >= 0.6 is 0 Å². The molecule has 0 bridgehead atoms. The third-order valence-electron chi connectivity index (χ3n) is 4.59. The van der Waals surface area contributed by atoms with Crippen molar-refractivity contribution >= 4 is 5.52 Å². The number of likely N-dealkylation sites (tertiary alicyclic amines) is 1. The Bertz CT molecular complexity index is 842. The van der Waals surface area contributed by atoms with Crippen LogP contribution < -0.4 is 0 Å². The molecule has 1 unspecified atom stereocenters. The van der Waals surface area contributed by atoms with Crippen molar-refractivity contribution in [3.8, 4) is 6.07 Å². The number of pyridine rings is 1. The molecule has 1 aliphatic rings. The van der Waals surface area contributed by atoms with E-state index in [2.05, 4.69) is 32.3 Å². The van der Waals surface area contributed by atoms with Gasteiger partial charge in [-0.2, -0.15) is 10.4 Å². The molecular weight excluding hydrogens is 288 g/mol. The van der Waals surface area contributed by atoms with E-state index in [1.807, 2.05) is 28.8 Å². The Labute approximate surface area is 134 Å². The molecule has 116 valence electrons. The van der Waals surface area contributed by atoms with E-state index in [4.69, 9.17) is 0 Å². The fourth-order valence-corrected chi connectivity index (χ4v) is 3.50. The van der Waals surface area contributed by atoms with Crippen LogP contribution in [0.5, 0.6) is 0 Å². The maximum atomic E-state index is 9.53. The van der Waals surface area contributed by atoms with Crippen LogP contribution in [0.15, 0.2) is 36.9 Å². The second-order valence-electron chi connectivity index (χ2n) is 6.08. The summed E-state index contributed by atoms with van der Waals surface area (Å²) in [4.78, 5) is 6.71. The highest BCUT2D eigenvalue weighted by Crippen LogP contribution is 2.26. The van der Waals surface area contributed by atoms with Crippen LogP contribution in [0, 0.1) is 11.3 Å². The number of aromatic nitrogens is 4. The van der Waals surface area contributed by atoms with Crippen molar-refractivity contribution in [1.29, 1.82) is 5.26 Å². The van der Waals surface area contributed by atoms with E-state index in [0.29, 0.717) is 5.92 Å². The van der Waals surface area contributed by atoms with Gasteiger partial charge in [-0.15, -0.1) is 0 Å². The molecular formula is C17H18N6. The Kier molecular flexibility index (Phi) is 3.56. The molecule has 3 aromatic heterocycles. The molecule has 4 rings (SSSR count). The zero-order chi connectivity index (χ0) is 15.6. The largest absolute Gasteiger partial charge is 0.322 e. The van der Waals surface area contributed by atoms with Gasteiger partial charge in [0.25, 0.3) is 0 Å². The van der Waals surface area contributed by atoms with Gasteiger partial charge >= 0.3 is 0 Å². The molecule has 1 N–H and O–H groups in total. The molecule has 0 amide bonds. The standard InChI is InChI=1S/C17H18N6/c18-8-15-14(11-23-7-2-1-5-16(15)23)10-22-6-3-4-13(9-22)17-19-12-20-21-17/h1-2,5,7,11-13H,3-4,6,9-10H2,(H,19,20,21).